The van der Waals surface area contributed by atoms with Crippen molar-refractivity contribution in [1.82, 2.24) is 15.1 Å². The van der Waals surface area contributed by atoms with Crippen LogP contribution < -0.4 is 5.32 Å². The second-order valence-electron chi connectivity index (χ2n) is 5.82. The van der Waals surface area contributed by atoms with Crippen LogP contribution in [0.3, 0.4) is 0 Å². The van der Waals surface area contributed by atoms with Crippen molar-refractivity contribution >= 4 is 5.91 Å². The fraction of sp³-hybridized carbons (Fsp3) is 0.412. The average Bonchev–Trinajstić information content (AvgIpc) is 3.25. The molecule has 0 aliphatic heterocycles. The zero-order valence-electron chi connectivity index (χ0n) is 12.6. The first kappa shape index (κ1) is 13.9. The molecule has 0 atom stereocenters. The first-order chi connectivity index (χ1) is 10.1. The van der Waals surface area contributed by atoms with Gasteiger partial charge in [-0.15, -0.1) is 0 Å². The Hall–Kier alpha value is -2.10. The molecule has 110 valence electrons. The number of benzene rings is 1. The third-order valence-corrected chi connectivity index (χ3v) is 3.85. The number of rotatable bonds is 5. The standard InChI is InChI=1S/C17H21N3O/c1-12-11-13(2)20(19-12)16-7-3-14(4-8-16)9-10-18-17(21)15-5-6-15/h3-4,7-8,11,15H,5-6,9-10H2,1-2H3,(H,18,21). The Bertz CT molecular complexity index is 639. The lowest BCUT2D eigenvalue weighted by atomic mass is 10.1. The number of aryl methyl sites for hydroxylation is 2. The highest BCUT2D eigenvalue weighted by Crippen LogP contribution is 2.28. The maximum atomic E-state index is 11.6. The van der Waals surface area contributed by atoms with Crippen molar-refractivity contribution in [2.24, 2.45) is 5.92 Å². The predicted octanol–water partition coefficient (Wildman–Crippen LogP) is 2.56. The molecule has 1 fully saturated rings. The van der Waals surface area contributed by atoms with Crippen molar-refractivity contribution in [1.29, 1.82) is 0 Å². The van der Waals surface area contributed by atoms with Crippen LogP contribution in [-0.2, 0) is 11.2 Å². The van der Waals surface area contributed by atoms with E-state index in [0.717, 1.165) is 36.3 Å². The number of amides is 1. The first-order valence-corrected chi connectivity index (χ1v) is 7.54. The van der Waals surface area contributed by atoms with Crippen LogP contribution in [0, 0.1) is 19.8 Å². The minimum atomic E-state index is 0.217. The summed E-state index contributed by atoms with van der Waals surface area (Å²) in [6, 6.07) is 10.4. The van der Waals surface area contributed by atoms with E-state index in [1.54, 1.807) is 0 Å². The molecule has 1 amide bonds. The molecule has 1 aliphatic carbocycles. The van der Waals surface area contributed by atoms with E-state index in [1.807, 2.05) is 11.6 Å². The van der Waals surface area contributed by atoms with Crippen LogP contribution in [0.1, 0.15) is 29.8 Å². The summed E-state index contributed by atoms with van der Waals surface area (Å²) in [6.07, 6.45) is 2.99. The molecule has 1 aromatic carbocycles. The topological polar surface area (TPSA) is 46.9 Å². The predicted molar refractivity (Wildman–Crippen MR) is 82.5 cm³/mol. The Morgan fingerprint density at radius 2 is 2.00 bits per heavy atom. The van der Waals surface area contributed by atoms with Gasteiger partial charge in [0.2, 0.25) is 5.91 Å². The van der Waals surface area contributed by atoms with Gasteiger partial charge in [-0.2, -0.15) is 5.10 Å². The summed E-state index contributed by atoms with van der Waals surface area (Å²) >= 11 is 0. The summed E-state index contributed by atoms with van der Waals surface area (Å²) < 4.78 is 1.95. The number of nitrogens with one attached hydrogen (secondary N) is 1. The minimum absolute atomic E-state index is 0.217. The van der Waals surface area contributed by atoms with Crippen molar-refractivity contribution in [2.45, 2.75) is 33.1 Å². The molecule has 0 radical (unpaired) electrons. The van der Waals surface area contributed by atoms with Crippen LogP contribution >= 0.6 is 0 Å². The monoisotopic (exact) mass is 283 g/mol. The molecule has 0 unspecified atom stereocenters. The smallest absolute Gasteiger partial charge is 0.223 e. The third-order valence-electron chi connectivity index (χ3n) is 3.85. The molecule has 21 heavy (non-hydrogen) atoms. The lowest BCUT2D eigenvalue weighted by Gasteiger charge is -2.07. The summed E-state index contributed by atoms with van der Waals surface area (Å²) in [5.74, 6) is 0.507. The maximum Gasteiger partial charge on any atom is 0.223 e. The van der Waals surface area contributed by atoms with Crippen LogP contribution in [0.5, 0.6) is 0 Å². The molecule has 4 nitrogen and oxygen atoms in total. The molecule has 1 aliphatic rings. The van der Waals surface area contributed by atoms with E-state index in [1.165, 1.54) is 5.56 Å². The van der Waals surface area contributed by atoms with Gasteiger partial charge in [0.15, 0.2) is 0 Å². The lowest BCUT2D eigenvalue weighted by molar-refractivity contribution is -0.122. The summed E-state index contributed by atoms with van der Waals surface area (Å²) in [5, 5.41) is 7.48. The van der Waals surface area contributed by atoms with Gasteiger partial charge in [0.05, 0.1) is 11.4 Å². The van der Waals surface area contributed by atoms with Gasteiger partial charge < -0.3 is 5.32 Å². The summed E-state index contributed by atoms with van der Waals surface area (Å²) in [7, 11) is 0. The zero-order chi connectivity index (χ0) is 14.8. The van der Waals surface area contributed by atoms with Crippen molar-refractivity contribution in [3.8, 4) is 5.69 Å². The molecule has 1 N–H and O–H groups in total. The highest BCUT2D eigenvalue weighted by Gasteiger charge is 2.28. The third kappa shape index (κ3) is 3.32. The van der Waals surface area contributed by atoms with Gasteiger partial charge in [-0.05, 0) is 56.9 Å². The van der Waals surface area contributed by atoms with Gasteiger partial charge in [-0.25, -0.2) is 4.68 Å². The van der Waals surface area contributed by atoms with Gasteiger partial charge in [-0.3, -0.25) is 4.79 Å². The Labute approximate surface area is 125 Å². The summed E-state index contributed by atoms with van der Waals surface area (Å²) in [5.41, 5.74) is 4.47. The highest BCUT2D eigenvalue weighted by molar-refractivity contribution is 5.80. The summed E-state index contributed by atoms with van der Waals surface area (Å²) in [4.78, 5) is 11.6. The number of carbonyl (C=O) groups is 1. The second-order valence-corrected chi connectivity index (χ2v) is 5.82. The van der Waals surface area contributed by atoms with Crippen LogP contribution in [-0.4, -0.2) is 22.2 Å². The van der Waals surface area contributed by atoms with E-state index in [-0.39, 0.29) is 5.91 Å². The van der Waals surface area contributed by atoms with E-state index in [4.69, 9.17) is 0 Å². The number of aromatic nitrogens is 2. The number of carbonyl (C=O) groups excluding carboxylic acids is 1. The molecule has 0 saturated heterocycles. The Balaban J connectivity index is 1.58. The quantitative estimate of drug-likeness (QED) is 0.916. The lowest BCUT2D eigenvalue weighted by Crippen LogP contribution is -2.26. The number of hydrogen-bond donors (Lipinski definition) is 1. The Kier molecular flexibility index (Phi) is 3.78. The highest BCUT2D eigenvalue weighted by atomic mass is 16.2. The molecule has 1 heterocycles. The molecular weight excluding hydrogens is 262 g/mol. The molecule has 1 aromatic heterocycles. The Morgan fingerprint density at radius 3 is 2.57 bits per heavy atom. The normalized spacial score (nSPS) is 14.2. The van der Waals surface area contributed by atoms with Gasteiger partial charge in [0.1, 0.15) is 0 Å². The Morgan fingerprint density at radius 1 is 1.29 bits per heavy atom. The number of hydrogen-bond acceptors (Lipinski definition) is 2. The van der Waals surface area contributed by atoms with E-state index in [9.17, 15) is 4.79 Å². The number of nitrogens with zero attached hydrogens (tertiary/aromatic N) is 2. The molecular formula is C17H21N3O. The van der Waals surface area contributed by atoms with Crippen molar-refractivity contribution in [3.05, 3.63) is 47.3 Å². The molecule has 1 saturated carbocycles. The SMILES string of the molecule is Cc1cc(C)n(-c2ccc(CCNC(=O)C3CC3)cc2)n1. The zero-order valence-corrected chi connectivity index (χ0v) is 12.6. The van der Waals surface area contributed by atoms with Gasteiger partial charge >= 0.3 is 0 Å². The molecule has 0 spiro atoms. The van der Waals surface area contributed by atoms with E-state index >= 15 is 0 Å². The van der Waals surface area contributed by atoms with Crippen molar-refractivity contribution in [2.75, 3.05) is 6.54 Å². The average molecular weight is 283 g/mol. The van der Waals surface area contributed by atoms with E-state index < -0.39 is 0 Å². The second kappa shape index (κ2) is 5.72. The van der Waals surface area contributed by atoms with E-state index in [2.05, 4.69) is 47.7 Å². The van der Waals surface area contributed by atoms with Crippen molar-refractivity contribution < 1.29 is 4.79 Å². The fourth-order valence-electron chi connectivity index (χ4n) is 2.51. The fourth-order valence-corrected chi connectivity index (χ4v) is 2.51. The van der Waals surface area contributed by atoms with Crippen LogP contribution in [0.2, 0.25) is 0 Å². The van der Waals surface area contributed by atoms with Crippen molar-refractivity contribution in [3.63, 3.8) is 0 Å². The molecule has 2 aromatic rings. The summed E-state index contributed by atoms with van der Waals surface area (Å²) in [6.45, 7) is 4.77. The van der Waals surface area contributed by atoms with Crippen LogP contribution in [0.25, 0.3) is 5.69 Å². The van der Waals surface area contributed by atoms with Crippen LogP contribution in [0.4, 0.5) is 0 Å². The molecule has 3 rings (SSSR count). The largest absolute Gasteiger partial charge is 0.356 e. The first-order valence-electron chi connectivity index (χ1n) is 7.54. The van der Waals surface area contributed by atoms with Gasteiger partial charge in [0.25, 0.3) is 0 Å². The maximum absolute atomic E-state index is 11.6. The molecule has 0 bridgehead atoms. The van der Waals surface area contributed by atoms with Crippen LogP contribution in [0.15, 0.2) is 30.3 Å². The molecule has 4 heteroatoms. The van der Waals surface area contributed by atoms with Gasteiger partial charge in [0, 0.05) is 18.2 Å². The van der Waals surface area contributed by atoms with E-state index in [0.29, 0.717) is 12.5 Å². The minimum Gasteiger partial charge on any atom is -0.356 e. The van der Waals surface area contributed by atoms with Gasteiger partial charge in [-0.1, -0.05) is 12.1 Å².